The minimum absolute atomic E-state index is 0.186. The van der Waals surface area contributed by atoms with Gasteiger partial charge in [0.1, 0.15) is 0 Å². The first kappa shape index (κ1) is 16.9. The summed E-state index contributed by atoms with van der Waals surface area (Å²) in [6.07, 6.45) is 2.35. The molecule has 1 heterocycles. The van der Waals surface area contributed by atoms with Crippen LogP contribution in [0.2, 0.25) is 0 Å². The zero-order valence-electron chi connectivity index (χ0n) is 14.7. The van der Waals surface area contributed by atoms with Gasteiger partial charge in [-0.2, -0.15) is 0 Å². The fraction of sp³-hybridized carbons (Fsp3) is 0.450. The van der Waals surface area contributed by atoms with Crippen LogP contribution in [-0.2, 0) is 4.79 Å². The van der Waals surface area contributed by atoms with Crippen molar-refractivity contribution in [3.63, 3.8) is 0 Å². The van der Waals surface area contributed by atoms with Crippen molar-refractivity contribution in [2.24, 2.45) is 0 Å². The lowest BCUT2D eigenvalue weighted by molar-refractivity contribution is -0.120. The molecule has 3 rings (SSSR count). The Morgan fingerprint density at radius 2 is 2.04 bits per heavy atom. The van der Waals surface area contributed by atoms with Gasteiger partial charge in [0.25, 0.3) is 0 Å². The Kier molecular flexibility index (Phi) is 5.48. The Balaban J connectivity index is 1.79. The van der Waals surface area contributed by atoms with E-state index in [-0.39, 0.29) is 5.91 Å². The molecule has 2 aromatic carbocycles. The summed E-state index contributed by atoms with van der Waals surface area (Å²) < 4.78 is 0. The molecular weight excluding hydrogens is 298 g/mol. The molecule has 0 radical (unpaired) electrons. The van der Waals surface area contributed by atoms with Crippen LogP contribution in [-0.4, -0.2) is 50.1 Å². The molecule has 4 nitrogen and oxygen atoms in total. The van der Waals surface area contributed by atoms with E-state index in [1.807, 2.05) is 37.1 Å². The molecular formula is C20H27N3O. The molecule has 1 aliphatic rings. The van der Waals surface area contributed by atoms with E-state index in [2.05, 4.69) is 34.5 Å². The SMILES string of the molecule is CCN(C(=O)CN1CCCC(NC)C1)c1cccc2ccccc12. The Bertz CT molecular complexity index is 695. The number of likely N-dealkylation sites (tertiary alicyclic amines) is 1. The van der Waals surface area contributed by atoms with Gasteiger partial charge in [-0.25, -0.2) is 0 Å². The smallest absolute Gasteiger partial charge is 0.241 e. The maximum Gasteiger partial charge on any atom is 0.241 e. The number of anilines is 1. The van der Waals surface area contributed by atoms with Crippen LogP contribution >= 0.6 is 0 Å². The van der Waals surface area contributed by atoms with Crippen LogP contribution in [0.1, 0.15) is 19.8 Å². The molecule has 0 saturated carbocycles. The van der Waals surface area contributed by atoms with Gasteiger partial charge < -0.3 is 10.2 Å². The number of piperidine rings is 1. The highest BCUT2D eigenvalue weighted by Gasteiger charge is 2.23. The molecule has 1 saturated heterocycles. The van der Waals surface area contributed by atoms with Gasteiger partial charge in [0.2, 0.25) is 5.91 Å². The minimum Gasteiger partial charge on any atom is -0.316 e. The van der Waals surface area contributed by atoms with E-state index < -0.39 is 0 Å². The number of hydrogen-bond acceptors (Lipinski definition) is 3. The van der Waals surface area contributed by atoms with Crippen molar-refractivity contribution in [2.75, 3.05) is 38.1 Å². The lowest BCUT2D eigenvalue weighted by Gasteiger charge is -2.33. The number of nitrogens with zero attached hydrogens (tertiary/aromatic N) is 2. The number of benzene rings is 2. The zero-order chi connectivity index (χ0) is 16.9. The molecule has 24 heavy (non-hydrogen) atoms. The molecule has 0 aliphatic carbocycles. The standard InChI is InChI=1S/C20H27N3O/c1-3-23(19-12-6-9-16-8-4-5-11-18(16)19)20(24)15-22-13-7-10-17(14-22)21-2/h4-6,8-9,11-12,17,21H,3,7,10,13-15H2,1-2H3. The van der Waals surface area contributed by atoms with Crippen LogP contribution in [0.3, 0.4) is 0 Å². The zero-order valence-corrected chi connectivity index (χ0v) is 14.7. The molecule has 128 valence electrons. The van der Waals surface area contributed by atoms with Gasteiger partial charge in [-0.1, -0.05) is 36.4 Å². The second-order valence-electron chi connectivity index (χ2n) is 6.50. The molecule has 1 aliphatic heterocycles. The highest BCUT2D eigenvalue weighted by Crippen LogP contribution is 2.27. The van der Waals surface area contributed by atoms with Crippen molar-refractivity contribution in [3.05, 3.63) is 42.5 Å². The van der Waals surface area contributed by atoms with Crippen LogP contribution in [0.5, 0.6) is 0 Å². The molecule has 0 spiro atoms. The van der Waals surface area contributed by atoms with E-state index in [9.17, 15) is 4.79 Å². The molecule has 2 aromatic rings. The number of carbonyl (C=O) groups is 1. The van der Waals surface area contributed by atoms with Crippen molar-refractivity contribution >= 4 is 22.4 Å². The second kappa shape index (κ2) is 7.77. The first-order valence-corrected chi connectivity index (χ1v) is 8.90. The lowest BCUT2D eigenvalue weighted by atomic mass is 10.1. The normalized spacial score (nSPS) is 18.7. The predicted octanol–water partition coefficient (Wildman–Crippen LogP) is 2.88. The molecule has 1 amide bonds. The highest BCUT2D eigenvalue weighted by atomic mass is 16.2. The molecule has 1 N–H and O–H groups in total. The number of hydrogen-bond donors (Lipinski definition) is 1. The van der Waals surface area contributed by atoms with E-state index in [0.717, 1.165) is 30.6 Å². The Hall–Kier alpha value is -1.91. The predicted molar refractivity (Wildman–Crippen MR) is 100 cm³/mol. The molecule has 0 bridgehead atoms. The third kappa shape index (κ3) is 3.60. The number of amides is 1. The fourth-order valence-electron chi connectivity index (χ4n) is 3.64. The van der Waals surface area contributed by atoms with E-state index in [4.69, 9.17) is 0 Å². The molecule has 1 unspecified atom stereocenters. The van der Waals surface area contributed by atoms with Gasteiger partial charge in [-0.3, -0.25) is 9.69 Å². The van der Waals surface area contributed by atoms with E-state index in [1.54, 1.807) is 0 Å². The first-order valence-electron chi connectivity index (χ1n) is 8.90. The Morgan fingerprint density at radius 3 is 2.83 bits per heavy atom. The van der Waals surface area contributed by atoms with E-state index in [0.29, 0.717) is 19.1 Å². The largest absolute Gasteiger partial charge is 0.316 e. The van der Waals surface area contributed by atoms with Gasteiger partial charge in [0.15, 0.2) is 0 Å². The van der Waals surface area contributed by atoms with Crippen LogP contribution in [0.25, 0.3) is 10.8 Å². The summed E-state index contributed by atoms with van der Waals surface area (Å²) in [5.74, 6) is 0.186. The number of rotatable bonds is 5. The van der Waals surface area contributed by atoms with Gasteiger partial charge >= 0.3 is 0 Å². The van der Waals surface area contributed by atoms with Crippen LogP contribution in [0.15, 0.2) is 42.5 Å². The Labute approximate surface area is 144 Å². The van der Waals surface area contributed by atoms with Gasteiger partial charge in [-0.05, 0) is 44.8 Å². The summed E-state index contributed by atoms with van der Waals surface area (Å²) >= 11 is 0. The fourth-order valence-corrected chi connectivity index (χ4v) is 3.64. The number of carbonyl (C=O) groups excluding carboxylic acids is 1. The molecule has 1 fully saturated rings. The summed E-state index contributed by atoms with van der Waals surface area (Å²) in [4.78, 5) is 17.1. The monoisotopic (exact) mass is 325 g/mol. The third-order valence-corrected chi connectivity index (χ3v) is 4.95. The summed E-state index contributed by atoms with van der Waals surface area (Å²) in [6, 6.07) is 14.9. The summed E-state index contributed by atoms with van der Waals surface area (Å²) in [5, 5.41) is 5.66. The quantitative estimate of drug-likeness (QED) is 0.918. The van der Waals surface area contributed by atoms with Crippen LogP contribution < -0.4 is 10.2 Å². The van der Waals surface area contributed by atoms with Crippen molar-refractivity contribution < 1.29 is 4.79 Å². The maximum absolute atomic E-state index is 12.9. The van der Waals surface area contributed by atoms with E-state index >= 15 is 0 Å². The summed E-state index contributed by atoms with van der Waals surface area (Å²) in [7, 11) is 2.00. The van der Waals surface area contributed by atoms with Crippen LogP contribution in [0.4, 0.5) is 5.69 Å². The first-order chi connectivity index (χ1) is 11.7. The van der Waals surface area contributed by atoms with E-state index in [1.165, 1.54) is 11.8 Å². The summed E-state index contributed by atoms with van der Waals surface area (Å²) in [6.45, 7) is 5.20. The van der Waals surface area contributed by atoms with Gasteiger partial charge in [0.05, 0.1) is 12.2 Å². The van der Waals surface area contributed by atoms with Gasteiger partial charge in [0, 0.05) is 24.5 Å². The van der Waals surface area contributed by atoms with Crippen molar-refractivity contribution in [3.8, 4) is 0 Å². The lowest BCUT2D eigenvalue weighted by Crippen LogP contribution is -2.48. The minimum atomic E-state index is 0.186. The maximum atomic E-state index is 12.9. The van der Waals surface area contributed by atoms with Crippen molar-refractivity contribution in [1.29, 1.82) is 0 Å². The average Bonchev–Trinajstić information content (AvgIpc) is 2.62. The highest BCUT2D eigenvalue weighted by molar-refractivity contribution is 6.04. The summed E-state index contributed by atoms with van der Waals surface area (Å²) in [5.41, 5.74) is 1.02. The molecule has 1 atom stereocenters. The van der Waals surface area contributed by atoms with Crippen molar-refractivity contribution in [2.45, 2.75) is 25.8 Å². The van der Waals surface area contributed by atoms with Crippen molar-refractivity contribution in [1.82, 2.24) is 10.2 Å². The molecule has 0 aromatic heterocycles. The second-order valence-corrected chi connectivity index (χ2v) is 6.50. The molecule has 4 heteroatoms. The Morgan fingerprint density at radius 1 is 1.25 bits per heavy atom. The van der Waals surface area contributed by atoms with Gasteiger partial charge in [-0.15, -0.1) is 0 Å². The topological polar surface area (TPSA) is 35.6 Å². The number of likely N-dealkylation sites (N-methyl/N-ethyl adjacent to an activating group) is 2. The average molecular weight is 325 g/mol. The number of nitrogens with one attached hydrogen (secondary N) is 1. The van der Waals surface area contributed by atoms with Crippen LogP contribution in [0, 0.1) is 0 Å². The number of fused-ring (bicyclic) bond motifs is 1. The third-order valence-electron chi connectivity index (χ3n) is 4.95.